The number of carbonyl (C=O) groups excluding carboxylic acids is 1. The molecule has 2 aliphatic heterocycles. The first-order chi connectivity index (χ1) is 15.3. The van der Waals surface area contributed by atoms with E-state index in [1.807, 2.05) is 24.3 Å². The first-order valence-electron chi connectivity index (χ1n) is 11.2. The number of alkyl halides is 3. The van der Waals surface area contributed by atoms with E-state index in [0.717, 1.165) is 30.8 Å². The standard InChI is InChI=1S/C24H29F3N4O/c1-17-10-14-30(15-11-17)20-8-6-19(7-9-20)29-23(32)18-4-3-13-31(16-18)22-21(24(25,26)27)5-2-12-28-22/h2,5-9,12,17-18H,3-4,10-11,13-16H2,1H3,(H,29,32). The van der Waals surface area contributed by atoms with Crippen LogP contribution in [0.25, 0.3) is 0 Å². The van der Waals surface area contributed by atoms with Crippen molar-refractivity contribution < 1.29 is 18.0 Å². The molecular formula is C24H29F3N4O. The summed E-state index contributed by atoms with van der Waals surface area (Å²) in [5, 5.41) is 2.94. The van der Waals surface area contributed by atoms with Gasteiger partial charge in [0.25, 0.3) is 0 Å². The summed E-state index contributed by atoms with van der Waals surface area (Å²) < 4.78 is 40.2. The third-order valence-electron chi connectivity index (χ3n) is 6.47. The highest BCUT2D eigenvalue weighted by Crippen LogP contribution is 2.36. The number of hydrogen-bond donors (Lipinski definition) is 1. The minimum atomic E-state index is -4.48. The molecule has 8 heteroatoms. The minimum Gasteiger partial charge on any atom is -0.372 e. The molecule has 0 spiro atoms. The molecule has 1 unspecified atom stereocenters. The maximum absolute atomic E-state index is 13.4. The van der Waals surface area contributed by atoms with Gasteiger partial charge in [-0.2, -0.15) is 13.2 Å². The fourth-order valence-corrected chi connectivity index (χ4v) is 4.52. The Morgan fingerprint density at radius 3 is 2.44 bits per heavy atom. The lowest BCUT2D eigenvalue weighted by Gasteiger charge is -2.34. The lowest BCUT2D eigenvalue weighted by atomic mass is 9.96. The van der Waals surface area contributed by atoms with Crippen molar-refractivity contribution in [3.8, 4) is 0 Å². The number of amides is 1. The fourth-order valence-electron chi connectivity index (χ4n) is 4.52. The van der Waals surface area contributed by atoms with E-state index in [2.05, 4.69) is 22.1 Å². The number of benzene rings is 1. The average molecular weight is 447 g/mol. The Morgan fingerprint density at radius 1 is 1.03 bits per heavy atom. The lowest BCUT2D eigenvalue weighted by Crippen LogP contribution is -2.42. The summed E-state index contributed by atoms with van der Waals surface area (Å²) in [7, 11) is 0. The van der Waals surface area contributed by atoms with Gasteiger partial charge in [0.1, 0.15) is 5.82 Å². The highest BCUT2D eigenvalue weighted by atomic mass is 19.4. The molecule has 1 aromatic heterocycles. The number of carbonyl (C=O) groups is 1. The summed E-state index contributed by atoms with van der Waals surface area (Å²) in [6.07, 6.45) is 0.524. The third kappa shape index (κ3) is 5.16. The van der Waals surface area contributed by atoms with Crippen molar-refractivity contribution in [2.75, 3.05) is 41.3 Å². The number of aromatic nitrogens is 1. The highest BCUT2D eigenvalue weighted by molar-refractivity contribution is 5.93. The molecule has 0 bridgehead atoms. The van der Waals surface area contributed by atoms with Gasteiger partial charge in [-0.3, -0.25) is 4.79 Å². The Bertz CT molecular complexity index is 924. The summed E-state index contributed by atoms with van der Waals surface area (Å²) in [4.78, 5) is 20.8. The van der Waals surface area contributed by atoms with Crippen LogP contribution in [0.2, 0.25) is 0 Å². The van der Waals surface area contributed by atoms with Crippen molar-refractivity contribution in [2.45, 2.75) is 38.8 Å². The predicted octanol–water partition coefficient (Wildman–Crippen LogP) is 5.19. The van der Waals surface area contributed by atoms with Crippen LogP contribution in [-0.4, -0.2) is 37.1 Å². The zero-order valence-electron chi connectivity index (χ0n) is 18.2. The Kier molecular flexibility index (Phi) is 6.58. The lowest BCUT2D eigenvalue weighted by molar-refractivity contribution is -0.137. The van der Waals surface area contributed by atoms with Crippen molar-refractivity contribution >= 4 is 23.1 Å². The second-order valence-electron chi connectivity index (χ2n) is 8.86. The SMILES string of the molecule is CC1CCN(c2ccc(NC(=O)C3CCCN(c4ncccc4C(F)(F)F)C3)cc2)CC1. The summed E-state index contributed by atoms with van der Waals surface area (Å²) in [6, 6.07) is 10.1. The van der Waals surface area contributed by atoms with Crippen LogP contribution < -0.4 is 15.1 Å². The van der Waals surface area contributed by atoms with Crippen molar-refractivity contribution in [3.05, 3.63) is 48.2 Å². The van der Waals surface area contributed by atoms with Gasteiger partial charge in [0.05, 0.1) is 11.5 Å². The number of rotatable bonds is 4. The smallest absolute Gasteiger partial charge is 0.372 e. The number of nitrogens with one attached hydrogen (secondary N) is 1. The van der Waals surface area contributed by atoms with Gasteiger partial charge in [0.2, 0.25) is 5.91 Å². The number of piperidine rings is 2. The molecule has 1 N–H and O–H groups in total. The van der Waals surface area contributed by atoms with E-state index in [1.54, 1.807) is 4.90 Å². The predicted molar refractivity (Wildman–Crippen MR) is 120 cm³/mol. The van der Waals surface area contributed by atoms with E-state index >= 15 is 0 Å². The van der Waals surface area contributed by atoms with Crippen LogP contribution in [0.3, 0.4) is 0 Å². The van der Waals surface area contributed by atoms with E-state index < -0.39 is 17.7 Å². The summed E-state index contributed by atoms with van der Waals surface area (Å²) >= 11 is 0. The highest BCUT2D eigenvalue weighted by Gasteiger charge is 2.37. The molecule has 3 heterocycles. The zero-order valence-corrected chi connectivity index (χ0v) is 18.2. The van der Waals surface area contributed by atoms with E-state index in [-0.39, 0.29) is 18.3 Å². The molecule has 0 saturated carbocycles. The molecule has 2 fully saturated rings. The number of pyridine rings is 1. The van der Waals surface area contributed by atoms with Gasteiger partial charge in [0.15, 0.2) is 0 Å². The summed E-state index contributed by atoms with van der Waals surface area (Å²) in [5.74, 6) is 0.102. The first kappa shape index (κ1) is 22.4. The minimum absolute atomic E-state index is 0.0993. The van der Waals surface area contributed by atoms with Crippen molar-refractivity contribution in [2.24, 2.45) is 11.8 Å². The monoisotopic (exact) mass is 446 g/mol. The number of nitrogens with zero attached hydrogens (tertiary/aromatic N) is 3. The second kappa shape index (κ2) is 9.38. The normalized spacial score (nSPS) is 20.3. The van der Waals surface area contributed by atoms with E-state index in [0.29, 0.717) is 25.1 Å². The molecule has 0 aliphatic carbocycles. The van der Waals surface area contributed by atoms with E-state index in [1.165, 1.54) is 25.1 Å². The molecule has 5 nitrogen and oxygen atoms in total. The molecule has 2 aromatic rings. The maximum atomic E-state index is 13.4. The van der Waals surface area contributed by atoms with Crippen LogP contribution in [0.4, 0.5) is 30.4 Å². The van der Waals surface area contributed by atoms with Crippen LogP contribution in [0, 0.1) is 11.8 Å². The first-order valence-corrected chi connectivity index (χ1v) is 11.2. The van der Waals surface area contributed by atoms with Gasteiger partial charge in [-0.15, -0.1) is 0 Å². The van der Waals surface area contributed by atoms with Gasteiger partial charge in [-0.1, -0.05) is 6.92 Å². The quantitative estimate of drug-likeness (QED) is 0.702. The van der Waals surface area contributed by atoms with Gasteiger partial charge < -0.3 is 15.1 Å². The fraction of sp³-hybridized carbons (Fsp3) is 0.500. The van der Waals surface area contributed by atoms with Crippen LogP contribution in [-0.2, 0) is 11.0 Å². The van der Waals surface area contributed by atoms with Crippen molar-refractivity contribution in [1.29, 1.82) is 0 Å². The molecule has 2 aliphatic rings. The second-order valence-corrected chi connectivity index (χ2v) is 8.86. The number of hydrogen-bond acceptors (Lipinski definition) is 4. The molecule has 1 aromatic carbocycles. The Balaban J connectivity index is 1.39. The summed E-state index contributed by atoms with van der Waals surface area (Å²) in [5.41, 5.74) is 1.09. The molecule has 0 radical (unpaired) electrons. The Labute approximate surface area is 186 Å². The van der Waals surface area contributed by atoms with Gasteiger partial charge in [0, 0.05) is 43.8 Å². The van der Waals surface area contributed by atoms with Crippen LogP contribution >= 0.6 is 0 Å². The molecule has 32 heavy (non-hydrogen) atoms. The maximum Gasteiger partial charge on any atom is 0.419 e. The Hall–Kier alpha value is -2.77. The number of anilines is 3. The largest absolute Gasteiger partial charge is 0.419 e. The van der Waals surface area contributed by atoms with Gasteiger partial charge >= 0.3 is 6.18 Å². The van der Waals surface area contributed by atoms with Crippen LogP contribution in [0.15, 0.2) is 42.6 Å². The van der Waals surface area contributed by atoms with Crippen LogP contribution in [0.1, 0.15) is 38.2 Å². The third-order valence-corrected chi connectivity index (χ3v) is 6.47. The molecule has 1 atom stereocenters. The average Bonchev–Trinajstić information content (AvgIpc) is 2.80. The van der Waals surface area contributed by atoms with E-state index in [4.69, 9.17) is 0 Å². The van der Waals surface area contributed by atoms with Gasteiger partial charge in [-0.05, 0) is 68.0 Å². The van der Waals surface area contributed by atoms with E-state index in [9.17, 15) is 18.0 Å². The van der Waals surface area contributed by atoms with Crippen molar-refractivity contribution in [1.82, 2.24) is 4.98 Å². The van der Waals surface area contributed by atoms with Crippen LogP contribution in [0.5, 0.6) is 0 Å². The molecule has 1 amide bonds. The molecule has 4 rings (SSSR count). The van der Waals surface area contributed by atoms with Gasteiger partial charge in [-0.25, -0.2) is 4.98 Å². The molecule has 2 saturated heterocycles. The zero-order chi connectivity index (χ0) is 22.7. The Morgan fingerprint density at radius 2 is 1.75 bits per heavy atom. The summed E-state index contributed by atoms with van der Waals surface area (Å²) in [6.45, 7) is 5.03. The van der Waals surface area contributed by atoms with Crippen molar-refractivity contribution in [3.63, 3.8) is 0 Å². The topological polar surface area (TPSA) is 48.5 Å². The molecular weight excluding hydrogens is 417 g/mol. The number of halogens is 3. The molecule has 172 valence electrons.